The van der Waals surface area contributed by atoms with Gasteiger partial charge in [-0.05, 0) is 43.3 Å². The highest BCUT2D eigenvalue weighted by atomic mass is 16.5. The van der Waals surface area contributed by atoms with Crippen molar-refractivity contribution in [1.82, 2.24) is 0 Å². The Bertz CT molecular complexity index is 1420. The molecule has 0 saturated heterocycles. The average molecular weight is 497 g/mol. The number of carbonyl (C=O) groups excluding carboxylic acids is 1. The van der Waals surface area contributed by atoms with Gasteiger partial charge in [0.15, 0.2) is 5.60 Å². The van der Waals surface area contributed by atoms with Crippen LogP contribution in [0.1, 0.15) is 34.0 Å². The summed E-state index contributed by atoms with van der Waals surface area (Å²) in [5.74, 6) is 2.06. The van der Waals surface area contributed by atoms with Crippen molar-refractivity contribution >= 4 is 22.8 Å². The van der Waals surface area contributed by atoms with Crippen LogP contribution in [0.15, 0.2) is 78.9 Å². The largest absolute Gasteiger partial charge is 0.497 e. The molecule has 4 aromatic carbocycles. The molecule has 0 aromatic heterocycles. The van der Waals surface area contributed by atoms with E-state index in [0.717, 1.165) is 33.4 Å². The van der Waals surface area contributed by atoms with Crippen LogP contribution in [0.4, 0.5) is 0 Å². The van der Waals surface area contributed by atoms with E-state index < -0.39 is 11.6 Å². The first-order valence-corrected chi connectivity index (χ1v) is 12.0. The van der Waals surface area contributed by atoms with Crippen molar-refractivity contribution in [3.63, 3.8) is 0 Å². The molecule has 0 unspecified atom stereocenters. The summed E-state index contributed by atoms with van der Waals surface area (Å²) in [7, 11) is 4.64. The highest BCUT2D eigenvalue weighted by Crippen LogP contribution is 2.49. The molecule has 0 N–H and O–H groups in total. The maximum Gasteiger partial charge on any atom is 0.342 e. The average Bonchev–Trinajstić information content (AvgIpc) is 2.97. The summed E-state index contributed by atoms with van der Waals surface area (Å²) in [6.45, 7) is 2.29. The second kappa shape index (κ2) is 9.90. The number of carbonyl (C=O) groups is 1. The Balaban J connectivity index is 1.80. The van der Waals surface area contributed by atoms with Gasteiger partial charge in [0.1, 0.15) is 28.6 Å². The highest BCUT2D eigenvalue weighted by Gasteiger charge is 2.40. The third kappa shape index (κ3) is 4.04. The maximum absolute atomic E-state index is 13.0. The van der Waals surface area contributed by atoms with E-state index in [9.17, 15) is 4.79 Å². The summed E-state index contributed by atoms with van der Waals surface area (Å²) in [5.41, 5.74) is 1.78. The summed E-state index contributed by atoms with van der Waals surface area (Å²) in [4.78, 5) is 13.0. The monoisotopic (exact) mass is 496 g/mol. The number of hydrogen-bond donors (Lipinski definition) is 0. The van der Waals surface area contributed by atoms with Gasteiger partial charge in [0, 0.05) is 27.5 Å². The molecular formula is C31H28O6. The molecule has 0 atom stereocenters. The van der Waals surface area contributed by atoms with Crippen molar-refractivity contribution in [1.29, 1.82) is 0 Å². The van der Waals surface area contributed by atoms with E-state index in [1.807, 2.05) is 91.9 Å². The fraction of sp³-hybridized carbons (Fsp3) is 0.194. The number of methoxy groups -OCH3 is 3. The van der Waals surface area contributed by atoms with Crippen molar-refractivity contribution in [2.75, 3.05) is 27.9 Å². The predicted octanol–water partition coefficient (Wildman–Crippen LogP) is 6.39. The molecule has 1 aliphatic rings. The Labute approximate surface area is 216 Å². The van der Waals surface area contributed by atoms with Crippen molar-refractivity contribution in [3.05, 3.63) is 101 Å². The molecule has 4 aromatic rings. The Morgan fingerprint density at radius 2 is 1.38 bits per heavy atom. The Hall–Kier alpha value is -4.45. The lowest BCUT2D eigenvalue weighted by Gasteiger charge is -2.37. The zero-order chi connectivity index (χ0) is 26.0. The minimum absolute atomic E-state index is 0.340. The van der Waals surface area contributed by atoms with E-state index in [-0.39, 0.29) is 0 Å². The first kappa shape index (κ1) is 24.3. The molecule has 0 bridgehead atoms. The zero-order valence-corrected chi connectivity index (χ0v) is 21.2. The Kier molecular flexibility index (Phi) is 6.49. The van der Waals surface area contributed by atoms with E-state index in [0.29, 0.717) is 29.2 Å². The molecule has 1 aliphatic heterocycles. The van der Waals surface area contributed by atoms with E-state index in [4.69, 9.17) is 23.7 Å². The quantitative estimate of drug-likeness (QED) is 0.276. The van der Waals surface area contributed by atoms with E-state index in [2.05, 4.69) is 0 Å². The van der Waals surface area contributed by atoms with E-state index >= 15 is 0 Å². The van der Waals surface area contributed by atoms with Gasteiger partial charge in [0.05, 0.1) is 27.9 Å². The second-order valence-corrected chi connectivity index (χ2v) is 8.55. The van der Waals surface area contributed by atoms with E-state index in [1.165, 1.54) is 7.11 Å². The summed E-state index contributed by atoms with van der Waals surface area (Å²) in [6, 6.07) is 23.3. The SMILES string of the molecule is CCOc1c(C(=O)OC)c2c(c3ccccc13)OC(c1ccc(OC)cc1)(c1ccc(OC)cc1)C=C2. The lowest BCUT2D eigenvalue weighted by Crippen LogP contribution is -2.34. The molecule has 6 heteroatoms. The summed E-state index contributed by atoms with van der Waals surface area (Å²) in [6.07, 6.45) is 3.89. The normalized spacial score (nSPS) is 13.4. The van der Waals surface area contributed by atoms with Gasteiger partial charge in [-0.15, -0.1) is 0 Å². The topological polar surface area (TPSA) is 63.2 Å². The van der Waals surface area contributed by atoms with Gasteiger partial charge < -0.3 is 23.7 Å². The lowest BCUT2D eigenvalue weighted by molar-refractivity contribution is 0.0594. The third-order valence-corrected chi connectivity index (χ3v) is 6.62. The number of rotatable bonds is 7. The van der Waals surface area contributed by atoms with Crippen molar-refractivity contribution in [2.24, 2.45) is 0 Å². The Morgan fingerprint density at radius 1 is 0.811 bits per heavy atom. The minimum atomic E-state index is -0.977. The molecule has 0 radical (unpaired) electrons. The minimum Gasteiger partial charge on any atom is -0.497 e. The lowest BCUT2D eigenvalue weighted by atomic mass is 9.82. The van der Waals surface area contributed by atoms with Crippen LogP contribution >= 0.6 is 0 Å². The molecule has 0 saturated carbocycles. The third-order valence-electron chi connectivity index (χ3n) is 6.62. The van der Waals surface area contributed by atoms with Gasteiger partial charge in [-0.3, -0.25) is 0 Å². The summed E-state index contributed by atoms with van der Waals surface area (Å²) < 4.78 is 28.9. The number of ether oxygens (including phenoxy) is 5. The zero-order valence-electron chi connectivity index (χ0n) is 21.2. The van der Waals surface area contributed by atoms with Crippen LogP contribution in [-0.4, -0.2) is 33.9 Å². The number of benzene rings is 4. The van der Waals surface area contributed by atoms with Crippen molar-refractivity contribution in [3.8, 4) is 23.0 Å². The molecular weight excluding hydrogens is 468 g/mol. The van der Waals surface area contributed by atoms with Crippen LogP contribution in [-0.2, 0) is 10.3 Å². The summed E-state index contributed by atoms with van der Waals surface area (Å²) in [5, 5.41) is 1.61. The summed E-state index contributed by atoms with van der Waals surface area (Å²) >= 11 is 0. The van der Waals surface area contributed by atoms with Crippen LogP contribution in [0.5, 0.6) is 23.0 Å². The number of esters is 1. The standard InChI is InChI=1S/C31H28O6/c1-5-36-29-25-9-7-6-8-24(25)28-26(27(29)30(32)35-4)18-19-31(37-28,20-10-14-22(33-2)15-11-20)21-12-16-23(34-3)17-13-21/h6-19H,5H2,1-4H3. The van der Waals surface area contributed by atoms with Crippen LogP contribution < -0.4 is 18.9 Å². The van der Waals surface area contributed by atoms with Gasteiger partial charge in [0.2, 0.25) is 0 Å². The maximum atomic E-state index is 13.0. The van der Waals surface area contributed by atoms with E-state index in [1.54, 1.807) is 14.2 Å². The van der Waals surface area contributed by atoms with Crippen LogP contribution in [0, 0.1) is 0 Å². The smallest absolute Gasteiger partial charge is 0.342 e. The van der Waals surface area contributed by atoms with Crippen molar-refractivity contribution < 1.29 is 28.5 Å². The molecule has 0 fully saturated rings. The molecule has 0 spiro atoms. The van der Waals surface area contributed by atoms with Crippen LogP contribution in [0.3, 0.4) is 0 Å². The fourth-order valence-electron chi connectivity index (χ4n) is 4.81. The molecule has 0 amide bonds. The van der Waals surface area contributed by atoms with Gasteiger partial charge >= 0.3 is 5.97 Å². The van der Waals surface area contributed by atoms with Crippen LogP contribution in [0.2, 0.25) is 0 Å². The van der Waals surface area contributed by atoms with Gasteiger partial charge in [0.25, 0.3) is 0 Å². The number of hydrogen-bond acceptors (Lipinski definition) is 6. The molecule has 1 heterocycles. The van der Waals surface area contributed by atoms with Gasteiger partial charge in [-0.2, -0.15) is 0 Å². The molecule has 6 nitrogen and oxygen atoms in total. The number of fused-ring (bicyclic) bond motifs is 3. The van der Waals surface area contributed by atoms with Gasteiger partial charge in [-0.1, -0.05) is 48.5 Å². The second-order valence-electron chi connectivity index (χ2n) is 8.55. The predicted molar refractivity (Wildman–Crippen MR) is 143 cm³/mol. The Morgan fingerprint density at radius 3 is 1.89 bits per heavy atom. The fourth-order valence-corrected chi connectivity index (χ4v) is 4.81. The van der Waals surface area contributed by atoms with Crippen LogP contribution in [0.25, 0.3) is 16.8 Å². The first-order chi connectivity index (χ1) is 18.1. The molecule has 0 aliphatic carbocycles. The van der Waals surface area contributed by atoms with Gasteiger partial charge in [-0.25, -0.2) is 4.79 Å². The molecule has 188 valence electrons. The molecule has 37 heavy (non-hydrogen) atoms. The highest BCUT2D eigenvalue weighted by molar-refractivity contribution is 6.08. The molecule has 5 rings (SSSR count). The first-order valence-electron chi connectivity index (χ1n) is 12.0. The van der Waals surface area contributed by atoms with Crippen molar-refractivity contribution in [2.45, 2.75) is 12.5 Å².